The highest BCUT2D eigenvalue weighted by molar-refractivity contribution is 7.32. The van der Waals surface area contributed by atoms with Crippen LogP contribution in [0.4, 0.5) is 0 Å². The van der Waals surface area contributed by atoms with Gasteiger partial charge in [-0.05, 0) is 80.4 Å². The number of unbranched alkanes of at least 4 members (excludes halogenated alkanes) is 2. The van der Waals surface area contributed by atoms with E-state index in [2.05, 4.69) is 10.6 Å². The average molecular weight is 723 g/mol. The Morgan fingerprint density at radius 1 is 0.980 bits per heavy atom. The van der Waals surface area contributed by atoms with E-state index in [-0.39, 0.29) is 29.5 Å². The molecule has 3 N–H and O–H groups in total. The number of carbonyl (C=O) groups excluding carboxylic acids is 4. The minimum Gasteiger partial charge on any atom is -0.494 e. The first-order valence-electron chi connectivity index (χ1n) is 16.7. The summed E-state index contributed by atoms with van der Waals surface area (Å²) in [6.45, 7) is 5.71. The van der Waals surface area contributed by atoms with Crippen LogP contribution in [-0.4, -0.2) is 58.0 Å². The molecule has 0 aliphatic carbocycles. The Labute approximate surface area is 296 Å². The van der Waals surface area contributed by atoms with Gasteiger partial charge < -0.3 is 38.6 Å². The largest absolute Gasteiger partial charge is 0.494 e. The van der Waals surface area contributed by atoms with E-state index in [9.17, 15) is 28.6 Å². The molecule has 3 amide bonds. The quantitative estimate of drug-likeness (QED) is 0.0327. The number of rotatable bonds is 20. The van der Waals surface area contributed by atoms with Gasteiger partial charge in [0.2, 0.25) is 12.3 Å². The molecule has 15 heteroatoms. The molecule has 0 spiro atoms. The molecule has 4 aromatic rings. The predicted octanol–water partition coefficient (Wildman–Crippen LogP) is 5.91. The number of nitrogens with zero attached hydrogens (tertiary/aromatic N) is 2. The van der Waals surface area contributed by atoms with Gasteiger partial charge in [-0.15, -0.1) is 0 Å². The first-order chi connectivity index (χ1) is 24.7. The fourth-order valence-electron chi connectivity index (χ4n) is 5.52. The summed E-state index contributed by atoms with van der Waals surface area (Å²) < 4.78 is 29.3. The Morgan fingerprint density at radius 2 is 1.71 bits per heavy atom. The molecule has 0 bridgehead atoms. The van der Waals surface area contributed by atoms with Gasteiger partial charge >= 0.3 is 14.2 Å². The van der Waals surface area contributed by atoms with E-state index >= 15 is 0 Å². The molecule has 2 aromatic carbocycles. The van der Waals surface area contributed by atoms with Crippen LogP contribution >= 0.6 is 8.25 Å². The van der Waals surface area contributed by atoms with Crippen LogP contribution in [-0.2, 0) is 19.0 Å². The van der Waals surface area contributed by atoms with Crippen molar-refractivity contribution in [1.82, 2.24) is 20.3 Å². The molecular formula is C36H43N4O10P. The van der Waals surface area contributed by atoms with Crippen molar-refractivity contribution in [2.75, 3.05) is 13.3 Å². The number of benzene rings is 2. The minimum atomic E-state index is -3.27. The first kappa shape index (κ1) is 38.5. The molecule has 0 fully saturated rings. The first-order valence-corrected chi connectivity index (χ1v) is 18.0. The number of hydrogen-bond acceptors (Lipinski definition) is 9. The van der Waals surface area contributed by atoms with E-state index in [1.165, 1.54) is 18.2 Å². The number of ether oxygens (including phenoxy) is 1. The van der Waals surface area contributed by atoms with Crippen molar-refractivity contribution < 1.29 is 47.2 Å². The van der Waals surface area contributed by atoms with Crippen molar-refractivity contribution in [2.45, 2.75) is 58.9 Å². The van der Waals surface area contributed by atoms with E-state index in [0.717, 1.165) is 23.6 Å². The highest BCUT2D eigenvalue weighted by Crippen LogP contribution is 2.34. The molecule has 0 aliphatic rings. The lowest BCUT2D eigenvalue weighted by atomic mass is 9.90. The summed E-state index contributed by atoms with van der Waals surface area (Å²) in [7, 11) is -3.27. The van der Waals surface area contributed by atoms with E-state index in [1.54, 1.807) is 50.2 Å². The molecule has 2 heterocycles. The highest BCUT2D eigenvalue weighted by Gasteiger charge is 2.33. The van der Waals surface area contributed by atoms with Crippen LogP contribution in [0.2, 0.25) is 0 Å². The summed E-state index contributed by atoms with van der Waals surface area (Å²) in [4.78, 5) is 66.5. The van der Waals surface area contributed by atoms with Gasteiger partial charge in [-0.1, -0.05) is 33.1 Å². The second-order valence-electron chi connectivity index (χ2n) is 11.4. The summed E-state index contributed by atoms with van der Waals surface area (Å²) >= 11 is 0. The Kier molecular flexibility index (Phi) is 14.5. The van der Waals surface area contributed by atoms with Gasteiger partial charge in [0.25, 0.3) is 5.91 Å². The van der Waals surface area contributed by atoms with Gasteiger partial charge in [0.1, 0.15) is 17.3 Å². The maximum Gasteiger partial charge on any atom is 0.365 e. The molecule has 0 aliphatic heterocycles. The molecule has 0 saturated carbocycles. The number of furan rings is 1. The molecule has 3 atom stereocenters. The summed E-state index contributed by atoms with van der Waals surface area (Å²) in [6, 6.07) is 17.3. The van der Waals surface area contributed by atoms with Gasteiger partial charge in [-0.2, -0.15) is 5.06 Å². The lowest BCUT2D eigenvalue weighted by molar-refractivity contribution is -0.171. The zero-order valence-corrected chi connectivity index (χ0v) is 29.7. The Bertz CT molecular complexity index is 1770. The van der Waals surface area contributed by atoms with Gasteiger partial charge in [0, 0.05) is 29.7 Å². The molecule has 51 heavy (non-hydrogen) atoms. The van der Waals surface area contributed by atoms with Gasteiger partial charge in [-0.25, -0.2) is 9.36 Å². The number of nitrogens with one attached hydrogen (secondary N) is 2. The van der Waals surface area contributed by atoms with E-state index in [0.29, 0.717) is 43.6 Å². The van der Waals surface area contributed by atoms with Crippen molar-refractivity contribution in [3.63, 3.8) is 0 Å². The third kappa shape index (κ3) is 10.8. The van der Waals surface area contributed by atoms with Crippen LogP contribution in [0.1, 0.15) is 73.8 Å². The maximum absolute atomic E-state index is 13.5. The van der Waals surface area contributed by atoms with Crippen LogP contribution < -0.4 is 19.9 Å². The van der Waals surface area contributed by atoms with Crippen molar-refractivity contribution in [3.05, 3.63) is 90.4 Å². The zero-order valence-electron chi connectivity index (χ0n) is 28.7. The summed E-state index contributed by atoms with van der Waals surface area (Å²) in [5.74, 6) is -1.83. The number of hydroxylamine groups is 2. The fourth-order valence-corrected chi connectivity index (χ4v) is 5.83. The van der Waals surface area contributed by atoms with Crippen molar-refractivity contribution in [3.8, 4) is 28.5 Å². The molecule has 3 unspecified atom stereocenters. The van der Waals surface area contributed by atoms with Gasteiger partial charge in [-0.3, -0.25) is 14.4 Å². The molecule has 2 aromatic heterocycles. The van der Waals surface area contributed by atoms with Crippen LogP contribution in [0.15, 0.2) is 83.5 Å². The summed E-state index contributed by atoms with van der Waals surface area (Å²) in [6.07, 6.45) is 7.34. The Morgan fingerprint density at radius 3 is 2.35 bits per heavy atom. The van der Waals surface area contributed by atoms with Crippen LogP contribution in [0.25, 0.3) is 17.0 Å². The summed E-state index contributed by atoms with van der Waals surface area (Å²) in [5.41, 5.74) is 1.53. The lowest BCUT2D eigenvalue weighted by Gasteiger charge is -2.31. The zero-order chi connectivity index (χ0) is 36.8. The van der Waals surface area contributed by atoms with Gasteiger partial charge in [0.15, 0.2) is 5.76 Å². The van der Waals surface area contributed by atoms with Crippen molar-refractivity contribution >= 4 is 32.4 Å². The second-order valence-corrected chi connectivity index (χ2v) is 12.2. The monoisotopic (exact) mass is 722 g/mol. The average Bonchev–Trinajstić information content (AvgIpc) is 3.84. The topological polar surface area (TPSA) is 179 Å². The molecular weight excluding hydrogens is 679 g/mol. The van der Waals surface area contributed by atoms with Gasteiger partial charge in [0.05, 0.1) is 30.8 Å². The third-order valence-corrected chi connectivity index (χ3v) is 8.40. The molecule has 272 valence electrons. The minimum absolute atomic E-state index is 0.0503. The molecule has 0 saturated heterocycles. The second kappa shape index (κ2) is 19.2. The van der Waals surface area contributed by atoms with E-state index in [1.807, 2.05) is 36.0 Å². The Hall–Kier alpha value is -5.33. The Balaban J connectivity index is 1.40. The van der Waals surface area contributed by atoms with Crippen LogP contribution in [0.3, 0.4) is 0 Å². The van der Waals surface area contributed by atoms with E-state index < -0.39 is 38.0 Å². The highest BCUT2D eigenvalue weighted by atomic mass is 31.1. The van der Waals surface area contributed by atoms with Crippen LogP contribution in [0, 0.1) is 5.92 Å². The fraction of sp³-hybridized carbons (Fsp3) is 0.333. The third-order valence-electron chi connectivity index (χ3n) is 7.98. The standard InChI is InChI=1S/C36H43N4O10P/c1-4-7-8-11-30(31(5-2)40(24-41)49-36(44)25-12-14-27(15-13-25)39-18-9-10-19-39)34(42)37-23-38-35(43)33-17-16-32(48-33)26-20-28(47-6-3)22-29(21-26)50-51(45)46/h9-10,12-22,24,30-31,51H,4-8,11,23H2,1-3H3,(H,37,42)(H,38,43)(H,45,46). The van der Waals surface area contributed by atoms with Crippen molar-refractivity contribution in [2.24, 2.45) is 5.92 Å². The normalized spacial score (nSPS) is 12.6. The smallest absolute Gasteiger partial charge is 0.365 e. The summed E-state index contributed by atoms with van der Waals surface area (Å²) in [5, 5.41) is 6.21. The molecule has 14 nitrogen and oxygen atoms in total. The number of hydrogen-bond donors (Lipinski definition) is 3. The number of aromatic nitrogens is 1. The van der Waals surface area contributed by atoms with Crippen molar-refractivity contribution in [1.29, 1.82) is 0 Å². The number of amides is 3. The predicted molar refractivity (Wildman–Crippen MR) is 188 cm³/mol. The SMILES string of the molecule is CCCCCC(C(=O)NCNC(=O)c1ccc(-c2cc(OCC)cc(O[PH](=O)O)c2)o1)C(CC)N(C=O)OC(=O)c1ccc(-n2cccc2)cc1. The molecule has 0 radical (unpaired) electrons. The number of carbonyl (C=O) groups is 4. The lowest BCUT2D eigenvalue weighted by Crippen LogP contribution is -2.49. The van der Waals surface area contributed by atoms with Crippen LogP contribution in [0.5, 0.6) is 11.5 Å². The molecule has 4 rings (SSSR count). The maximum atomic E-state index is 13.5. The van der Waals surface area contributed by atoms with E-state index in [4.69, 9.17) is 18.5 Å².